The van der Waals surface area contributed by atoms with Crippen LogP contribution in [0, 0.1) is 5.92 Å². The molecule has 0 bridgehead atoms. The molecule has 0 radical (unpaired) electrons. The smallest absolute Gasteiger partial charge is 0.330 e. The zero-order valence-electron chi connectivity index (χ0n) is 10.5. The van der Waals surface area contributed by atoms with Crippen molar-refractivity contribution >= 4 is 5.97 Å². The highest BCUT2D eigenvalue weighted by atomic mass is 16.5. The lowest BCUT2D eigenvalue weighted by Gasteiger charge is -2.09. The summed E-state index contributed by atoms with van der Waals surface area (Å²) in [4.78, 5) is 11.2. The summed E-state index contributed by atoms with van der Waals surface area (Å²) in [6, 6.07) is 0. The molecule has 0 spiro atoms. The monoisotopic (exact) mass is 210 g/mol. The fraction of sp³-hybridized carbons (Fsp3) is 0.615. The lowest BCUT2D eigenvalue weighted by molar-refractivity contribution is -0.137. The van der Waals surface area contributed by atoms with E-state index in [4.69, 9.17) is 4.74 Å². The summed E-state index contributed by atoms with van der Waals surface area (Å²) in [6.07, 6.45) is 4.75. The molecule has 0 aromatic heterocycles. The molecule has 0 fully saturated rings. The Morgan fingerprint density at radius 2 is 1.93 bits per heavy atom. The molecule has 0 saturated carbocycles. The van der Waals surface area contributed by atoms with Gasteiger partial charge < -0.3 is 4.74 Å². The molecule has 15 heavy (non-hydrogen) atoms. The van der Waals surface area contributed by atoms with Crippen molar-refractivity contribution < 1.29 is 9.53 Å². The third-order valence-corrected chi connectivity index (χ3v) is 2.29. The van der Waals surface area contributed by atoms with Crippen LogP contribution in [0.15, 0.2) is 23.3 Å². The maximum absolute atomic E-state index is 11.2. The minimum absolute atomic E-state index is 0.237. The van der Waals surface area contributed by atoms with E-state index < -0.39 is 0 Å². The van der Waals surface area contributed by atoms with Gasteiger partial charge in [-0.1, -0.05) is 24.1 Å². The highest BCUT2D eigenvalue weighted by Crippen LogP contribution is 2.15. The van der Waals surface area contributed by atoms with Crippen LogP contribution in [0.5, 0.6) is 0 Å². The summed E-state index contributed by atoms with van der Waals surface area (Å²) in [6.45, 7) is 10.5. The lowest BCUT2D eigenvalue weighted by atomic mass is 9.98. The van der Waals surface area contributed by atoms with E-state index in [9.17, 15) is 4.79 Å². The summed E-state index contributed by atoms with van der Waals surface area (Å²) in [7, 11) is 0. The van der Waals surface area contributed by atoms with Crippen LogP contribution in [0.25, 0.3) is 0 Å². The maximum Gasteiger partial charge on any atom is 0.330 e. The van der Waals surface area contributed by atoms with Gasteiger partial charge in [0.2, 0.25) is 0 Å². The molecule has 0 amide bonds. The average Bonchev–Trinajstić information content (AvgIpc) is 2.14. The Hall–Kier alpha value is -1.05. The van der Waals surface area contributed by atoms with Gasteiger partial charge in [-0.05, 0) is 40.0 Å². The third-order valence-electron chi connectivity index (χ3n) is 2.29. The molecule has 86 valence electrons. The number of esters is 1. The van der Waals surface area contributed by atoms with Gasteiger partial charge in [0, 0.05) is 6.08 Å². The van der Waals surface area contributed by atoms with Gasteiger partial charge in [0.15, 0.2) is 0 Å². The SMILES string of the molecule is CCOC(=O)/C=C(\C)C(C)CC=C(C)C. The highest BCUT2D eigenvalue weighted by Gasteiger charge is 2.05. The van der Waals surface area contributed by atoms with E-state index in [0.29, 0.717) is 12.5 Å². The van der Waals surface area contributed by atoms with Crippen LogP contribution in [0.3, 0.4) is 0 Å². The lowest BCUT2D eigenvalue weighted by Crippen LogP contribution is -2.03. The number of rotatable bonds is 5. The first-order valence-corrected chi connectivity index (χ1v) is 5.45. The topological polar surface area (TPSA) is 26.3 Å². The number of carbonyl (C=O) groups excluding carboxylic acids is 1. The molecule has 0 heterocycles. The van der Waals surface area contributed by atoms with Gasteiger partial charge in [0.1, 0.15) is 0 Å². The quantitative estimate of drug-likeness (QED) is 0.394. The highest BCUT2D eigenvalue weighted by molar-refractivity contribution is 5.82. The van der Waals surface area contributed by atoms with Gasteiger partial charge in [-0.3, -0.25) is 0 Å². The average molecular weight is 210 g/mol. The van der Waals surface area contributed by atoms with Gasteiger partial charge in [-0.15, -0.1) is 0 Å². The van der Waals surface area contributed by atoms with Crippen LogP contribution in [0.4, 0.5) is 0 Å². The van der Waals surface area contributed by atoms with Gasteiger partial charge >= 0.3 is 5.97 Å². The molecule has 0 N–H and O–H groups in total. The van der Waals surface area contributed by atoms with Crippen molar-refractivity contribution in [2.24, 2.45) is 5.92 Å². The van der Waals surface area contributed by atoms with Gasteiger partial charge in [0.25, 0.3) is 0 Å². The number of carbonyl (C=O) groups is 1. The Morgan fingerprint density at radius 1 is 1.33 bits per heavy atom. The molecule has 0 aromatic carbocycles. The van der Waals surface area contributed by atoms with Crippen molar-refractivity contribution in [3.63, 3.8) is 0 Å². The van der Waals surface area contributed by atoms with E-state index in [0.717, 1.165) is 12.0 Å². The molecule has 0 aliphatic carbocycles. The third kappa shape index (κ3) is 6.95. The Labute approximate surface area is 93.0 Å². The minimum Gasteiger partial charge on any atom is -0.463 e. The summed E-state index contributed by atoms with van der Waals surface area (Å²) >= 11 is 0. The number of allylic oxidation sites excluding steroid dienone is 3. The standard InChI is InChI=1S/C13H22O2/c1-6-15-13(14)9-12(5)11(4)8-7-10(2)3/h7,9,11H,6,8H2,1-5H3/b12-9+. The molecule has 0 aromatic rings. The second kappa shape index (κ2) is 7.27. The van der Waals surface area contributed by atoms with Crippen LogP contribution >= 0.6 is 0 Å². The van der Waals surface area contributed by atoms with E-state index in [1.807, 2.05) is 13.8 Å². The molecular formula is C13H22O2. The van der Waals surface area contributed by atoms with Gasteiger partial charge in [0.05, 0.1) is 6.61 Å². The molecule has 2 heteroatoms. The van der Waals surface area contributed by atoms with Crippen LogP contribution in [-0.2, 0) is 9.53 Å². The second-order valence-electron chi connectivity index (χ2n) is 4.06. The first kappa shape index (κ1) is 13.9. The van der Waals surface area contributed by atoms with Crippen molar-refractivity contribution in [1.29, 1.82) is 0 Å². The zero-order chi connectivity index (χ0) is 11.8. The van der Waals surface area contributed by atoms with Gasteiger partial charge in [-0.2, -0.15) is 0 Å². The Bertz CT molecular complexity index is 258. The van der Waals surface area contributed by atoms with Crippen LogP contribution in [0.2, 0.25) is 0 Å². The predicted molar refractivity (Wildman–Crippen MR) is 63.6 cm³/mol. The summed E-state index contributed by atoms with van der Waals surface area (Å²) < 4.78 is 4.86. The molecule has 1 unspecified atom stereocenters. The Balaban J connectivity index is 4.24. The number of hydrogen-bond donors (Lipinski definition) is 0. The van der Waals surface area contributed by atoms with Crippen LogP contribution < -0.4 is 0 Å². The Kier molecular flexibility index (Phi) is 6.76. The maximum atomic E-state index is 11.2. The normalized spacial score (nSPS) is 13.3. The Morgan fingerprint density at radius 3 is 2.40 bits per heavy atom. The summed E-state index contributed by atoms with van der Waals surface area (Å²) in [5.41, 5.74) is 2.39. The van der Waals surface area contributed by atoms with Crippen LogP contribution in [-0.4, -0.2) is 12.6 Å². The van der Waals surface area contributed by atoms with E-state index >= 15 is 0 Å². The second-order valence-corrected chi connectivity index (χ2v) is 4.06. The zero-order valence-corrected chi connectivity index (χ0v) is 10.5. The largest absolute Gasteiger partial charge is 0.463 e. The number of hydrogen-bond acceptors (Lipinski definition) is 2. The summed E-state index contributed by atoms with van der Waals surface area (Å²) in [5.74, 6) is 0.156. The molecule has 0 saturated heterocycles. The molecular weight excluding hydrogens is 188 g/mol. The molecule has 1 atom stereocenters. The van der Waals surface area contributed by atoms with Crippen molar-refractivity contribution in [3.05, 3.63) is 23.3 Å². The molecule has 0 rings (SSSR count). The van der Waals surface area contributed by atoms with Crippen molar-refractivity contribution in [2.75, 3.05) is 6.61 Å². The molecule has 0 aliphatic rings. The van der Waals surface area contributed by atoms with E-state index in [-0.39, 0.29) is 5.97 Å². The van der Waals surface area contributed by atoms with E-state index in [1.165, 1.54) is 5.57 Å². The van der Waals surface area contributed by atoms with E-state index in [2.05, 4.69) is 26.8 Å². The van der Waals surface area contributed by atoms with Crippen molar-refractivity contribution in [1.82, 2.24) is 0 Å². The van der Waals surface area contributed by atoms with Crippen LogP contribution in [0.1, 0.15) is 41.0 Å². The first-order chi connectivity index (χ1) is 6.97. The molecule has 2 nitrogen and oxygen atoms in total. The molecule has 0 aliphatic heterocycles. The fourth-order valence-electron chi connectivity index (χ4n) is 1.11. The van der Waals surface area contributed by atoms with Gasteiger partial charge in [-0.25, -0.2) is 4.79 Å². The summed E-state index contributed by atoms with van der Waals surface area (Å²) in [5, 5.41) is 0. The van der Waals surface area contributed by atoms with Crippen molar-refractivity contribution in [3.8, 4) is 0 Å². The van der Waals surface area contributed by atoms with E-state index in [1.54, 1.807) is 6.08 Å². The van der Waals surface area contributed by atoms with Crippen molar-refractivity contribution in [2.45, 2.75) is 41.0 Å². The minimum atomic E-state index is -0.237. The predicted octanol–water partition coefficient (Wildman–Crippen LogP) is 3.49. The number of ether oxygens (including phenoxy) is 1. The first-order valence-electron chi connectivity index (χ1n) is 5.45. The fourth-order valence-corrected chi connectivity index (χ4v) is 1.11.